The van der Waals surface area contributed by atoms with Gasteiger partial charge in [0.2, 0.25) is 11.8 Å². The van der Waals surface area contributed by atoms with Crippen LogP contribution in [0.15, 0.2) is 83.3 Å². The van der Waals surface area contributed by atoms with Crippen molar-refractivity contribution >= 4 is 11.6 Å². The smallest absolute Gasteiger partial charge is 0.255 e. The molecule has 1 heterocycles. The first-order valence-corrected chi connectivity index (χ1v) is 8.26. The Morgan fingerprint density at radius 3 is 2.26 bits per heavy atom. The van der Waals surface area contributed by atoms with Crippen LogP contribution in [-0.4, -0.2) is 16.1 Å². The molecule has 4 rings (SSSR count). The summed E-state index contributed by atoms with van der Waals surface area (Å²) in [6, 6.07) is 21.9. The van der Waals surface area contributed by atoms with Gasteiger partial charge in [-0.1, -0.05) is 30.3 Å². The summed E-state index contributed by atoms with van der Waals surface area (Å²) in [5.74, 6) is -0.0642. The lowest BCUT2D eigenvalue weighted by Gasteiger charge is -2.08. The van der Waals surface area contributed by atoms with Crippen molar-refractivity contribution in [1.82, 2.24) is 10.2 Å². The first-order chi connectivity index (χ1) is 13.2. The fraction of sp³-hybridized carbons (Fsp3) is 0. The maximum atomic E-state index is 13.0. The number of nitrogens with zero attached hydrogens (tertiary/aromatic N) is 2. The molecule has 0 spiro atoms. The lowest BCUT2D eigenvalue weighted by Crippen LogP contribution is -2.12. The molecule has 27 heavy (non-hydrogen) atoms. The van der Waals surface area contributed by atoms with Gasteiger partial charge in [-0.05, 0) is 48.5 Å². The summed E-state index contributed by atoms with van der Waals surface area (Å²) in [5, 5.41) is 11.0. The number of aromatic nitrogens is 2. The van der Waals surface area contributed by atoms with Crippen LogP contribution < -0.4 is 5.32 Å². The first-order valence-electron chi connectivity index (χ1n) is 8.26. The Morgan fingerprint density at radius 2 is 1.48 bits per heavy atom. The number of rotatable bonds is 4. The first kappa shape index (κ1) is 16.7. The van der Waals surface area contributed by atoms with Crippen LogP contribution in [0.4, 0.5) is 10.1 Å². The predicted octanol–water partition coefficient (Wildman–Crippen LogP) is 4.80. The molecule has 1 amide bonds. The van der Waals surface area contributed by atoms with Gasteiger partial charge in [0.15, 0.2) is 0 Å². The van der Waals surface area contributed by atoms with Gasteiger partial charge in [0.1, 0.15) is 5.82 Å². The standard InChI is InChI=1S/C21H14FN3O2/c22-16-12-10-14(11-13-16)19(26)23-18-9-5-4-8-17(18)21-25-24-20(27-21)15-6-2-1-3-7-15/h1-13H,(H,23,26). The second-order valence-corrected chi connectivity index (χ2v) is 5.78. The summed E-state index contributed by atoms with van der Waals surface area (Å²) >= 11 is 0. The van der Waals surface area contributed by atoms with Crippen molar-refractivity contribution in [3.63, 3.8) is 0 Å². The van der Waals surface area contributed by atoms with Crippen LogP contribution in [0.5, 0.6) is 0 Å². The Kier molecular flexibility index (Phi) is 4.45. The van der Waals surface area contributed by atoms with Gasteiger partial charge in [0.25, 0.3) is 5.91 Å². The molecule has 0 aliphatic rings. The molecule has 4 aromatic rings. The third-order valence-electron chi connectivity index (χ3n) is 3.96. The Bertz CT molecular complexity index is 1080. The zero-order chi connectivity index (χ0) is 18.6. The quantitative estimate of drug-likeness (QED) is 0.568. The van der Waals surface area contributed by atoms with E-state index in [2.05, 4.69) is 15.5 Å². The van der Waals surface area contributed by atoms with E-state index in [-0.39, 0.29) is 5.91 Å². The van der Waals surface area contributed by atoms with Crippen molar-refractivity contribution in [3.8, 4) is 22.9 Å². The number of hydrogen-bond donors (Lipinski definition) is 1. The molecule has 0 saturated carbocycles. The highest BCUT2D eigenvalue weighted by Gasteiger charge is 2.15. The Hall–Kier alpha value is -3.80. The average molecular weight is 359 g/mol. The van der Waals surface area contributed by atoms with Crippen LogP contribution in [0.2, 0.25) is 0 Å². The summed E-state index contributed by atoms with van der Waals surface area (Å²) in [7, 11) is 0. The van der Waals surface area contributed by atoms with Gasteiger partial charge >= 0.3 is 0 Å². The van der Waals surface area contributed by atoms with Crippen molar-refractivity contribution in [2.45, 2.75) is 0 Å². The topological polar surface area (TPSA) is 68.0 Å². The third kappa shape index (κ3) is 3.59. The van der Waals surface area contributed by atoms with E-state index in [1.165, 1.54) is 24.3 Å². The molecule has 0 aliphatic carbocycles. The SMILES string of the molecule is O=C(Nc1ccccc1-c1nnc(-c2ccccc2)o1)c1ccc(F)cc1. The van der Waals surface area contributed by atoms with Crippen LogP contribution in [-0.2, 0) is 0 Å². The molecule has 0 aliphatic heterocycles. The number of hydrogen-bond acceptors (Lipinski definition) is 4. The summed E-state index contributed by atoms with van der Waals surface area (Å²) < 4.78 is 18.8. The number of amides is 1. The molecular formula is C21H14FN3O2. The summed E-state index contributed by atoms with van der Waals surface area (Å²) in [6.07, 6.45) is 0. The van der Waals surface area contributed by atoms with E-state index < -0.39 is 5.82 Å². The summed E-state index contributed by atoms with van der Waals surface area (Å²) in [6.45, 7) is 0. The normalized spacial score (nSPS) is 10.6. The Balaban J connectivity index is 1.63. The maximum absolute atomic E-state index is 13.0. The molecule has 0 atom stereocenters. The van der Waals surface area contributed by atoms with E-state index in [1.54, 1.807) is 18.2 Å². The van der Waals surface area contributed by atoms with Gasteiger partial charge in [0, 0.05) is 11.1 Å². The molecule has 0 unspecified atom stereocenters. The number of benzene rings is 3. The van der Waals surface area contributed by atoms with E-state index in [0.29, 0.717) is 28.6 Å². The highest BCUT2D eigenvalue weighted by Crippen LogP contribution is 2.29. The van der Waals surface area contributed by atoms with Crippen LogP contribution in [0, 0.1) is 5.82 Å². The van der Waals surface area contributed by atoms with Crippen molar-refractivity contribution < 1.29 is 13.6 Å². The van der Waals surface area contributed by atoms with Gasteiger partial charge < -0.3 is 9.73 Å². The van der Waals surface area contributed by atoms with Crippen LogP contribution in [0.25, 0.3) is 22.9 Å². The molecule has 5 nitrogen and oxygen atoms in total. The minimum Gasteiger partial charge on any atom is -0.416 e. The van der Waals surface area contributed by atoms with E-state index in [4.69, 9.17) is 4.42 Å². The van der Waals surface area contributed by atoms with Crippen LogP contribution >= 0.6 is 0 Å². The fourth-order valence-corrected chi connectivity index (χ4v) is 2.60. The number of carbonyl (C=O) groups is 1. The summed E-state index contributed by atoms with van der Waals surface area (Å²) in [4.78, 5) is 12.4. The number of nitrogens with one attached hydrogen (secondary N) is 1. The molecule has 0 bridgehead atoms. The molecule has 3 aromatic carbocycles. The van der Waals surface area contributed by atoms with Gasteiger partial charge in [0.05, 0.1) is 11.3 Å². The van der Waals surface area contributed by atoms with Crippen molar-refractivity contribution in [3.05, 3.63) is 90.2 Å². The minimum atomic E-state index is -0.397. The number of anilines is 1. The molecule has 0 fully saturated rings. The van der Waals surface area contributed by atoms with Crippen molar-refractivity contribution in [2.24, 2.45) is 0 Å². The van der Waals surface area contributed by atoms with E-state index >= 15 is 0 Å². The monoisotopic (exact) mass is 359 g/mol. The van der Waals surface area contributed by atoms with E-state index in [1.807, 2.05) is 36.4 Å². The number of para-hydroxylation sites is 1. The Labute approximate surface area is 154 Å². The van der Waals surface area contributed by atoms with Gasteiger partial charge in [-0.25, -0.2) is 4.39 Å². The molecule has 132 valence electrons. The van der Waals surface area contributed by atoms with Crippen molar-refractivity contribution in [2.75, 3.05) is 5.32 Å². The Morgan fingerprint density at radius 1 is 0.815 bits per heavy atom. The molecule has 1 aromatic heterocycles. The number of carbonyl (C=O) groups excluding carboxylic acids is 1. The zero-order valence-electron chi connectivity index (χ0n) is 14.1. The van der Waals surface area contributed by atoms with E-state index in [0.717, 1.165) is 5.56 Å². The zero-order valence-corrected chi connectivity index (χ0v) is 14.1. The minimum absolute atomic E-state index is 0.295. The highest BCUT2D eigenvalue weighted by atomic mass is 19.1. The highest BCUT2D eigenvalue weighted by molar-refractivity contribution is 6.05. The van der Waals surface area contributed by atoms with Gasteiger partial charge in [-0.2, -0.15) is 0 Å². The van der Waals surface area contributed by atoms with Gasteiger partial charge in [-0.15, -0.1) is 10.2 Å². The average Bonchev–Trinajstić information content (AvgIpc) is 3.19. The van der Waals surface area contributed by atoms with E-state index in [9.17, 15) is 9.18 Å². The third-order valence-corrected chi connectivity index (χ3v) is 3.96. The maximum Gasteiger partial charge on any atom is 0.255 e. The van der Waals surface area contributed by atoms with Gasteiger partial charge in [-0.3, -0.25) is 4.79 Å². The predicted molar refractivity (Wildman–Crippen MR) is 99.5 cm³/mol. The van der Waals surface area contributed by atoms with Crippen LogP contribution in [0.3, 0.4) is 0 Å². The lowest BCUT2D eigenvalue weighted by molar-refractivity contribution is 0.102. The largest absolute Gasteiger partial charge is 0.416 e. The number of halogens is 1. The fourth-order valence-electron chi connectivity index (χ4n) is 2.60. The molecule has 1 N–H and O–H groups in total. The van der Waals surface area contributed by atoms with Crippen LogP contribution in [0.1, 0.15) is 10.4 Å². The second kappa shape index (κ2) is 7.21. The molecule has 0 radical (unpaired) electrons. The van der Waals surface area contributed by atoms with Crippen molar-refractivity contribution in [1.29, 1.82) is 0 Å². The molecule has 0 saturated heterocycles. The summed E-state index contributed by atoms with van der Waals surface area (Å²) in [5.41, 5.74) is 2.28. The lowest BCUT2D eigenvalue weighted by atomic mass is 10.1. The molecular weight excluding hydrogens is 345 g/mol. The molecule has 6 heteroatoms. The second-order valence-electron chi connectivity index (χ2n) is 5.78.